The van der Waals surface area contributed by atoms with Crippen molar-refractivity contribution in [3.05, 3.63) is 0 Å². The Morgan fingerprint density at radius 3 is 2.42 bits per heavy atom. The van der Waals surface area contributed by atoms with Crippen molar-refractivity contribution >= 4 is 0 Å². The Hall–Kier alpha value is -0.760. The van der Waals surface area contributed by atoms with E-state index in [1.165, 1.54) is 0 Å². The van der Waals surface area contributed by atoms with Gasteiger partial charge in [0.2, 0.25) is 0 Å². The summed E-state index contributed by atoms with van der Waals surface area (Å²) in [5.74, 6) is 0. The van der Waals surface area contributed by atoms with Gasteiger partial charge in [0.15, 0.2) is 0 Å². The molecule has 0 aliphatic carbocycles. The molecule has 0 atom stereocenters. The van der Waals surface area contributed by atoms with Crippen molar-refractivity contribution in [2.75, 3.05) is 13.1 Å². The minimum absolute atomic E-state index is 0.0606. The lowest BCUT2D eigenvalue weighted by Crippen LogP contribution is -2.22. The van der Waals surface area contributed by atoms with E-state index in [4.69, 9.17) is 5.26 Å². The van der Waals surface area contributed by atoms with Crippen molar-refractivity contribution in [1.29, 1.82) is 5.26 Å². The molecule has 0 aromatic carbocycles. The summed E-state index contributed by atoms with van der Waals surface area (Å²) in [4.78, 5) is 0. The van der Waals surface area contributed by atoms with E-state index in [1.807, 2.05) is 6.07 Å². The van der Waals surface area contributed by atoms with Crippen molar-refractivity contribution < 1.29 is 13.2 Å². The van der Waals surface area contributed by atoms with Crippen LogP contribution in [0.4, 0.5) is 13.2 Å². The van der Waals surface area contributed by atoms with Gasteiger partial charge in [-0.2, -0.15) is 18.4 Å². The Bertz CT molecular complexity index is 148. The highest BCUT2D eigenvalue weighted by molar-refractivity contribution is 4.68. The van der Waals surface area contributed by atoms with Crippen LogP contribution in [0.2, 0.25) is 0 Å². The number of unbranched alkanes of at least 4 members (excludes halogenated alkanes) is 1. The van der Waals surface area contributed by atoms with Crippen LogP contribution in [-0.4, -0.2) is 19.3 Å². The Morgan fingerprint density at radius 2 is 1.92 bits per heavy atom. The molecule has 0 saturated heterocycles. The molecule has 0 radical (unpaired) electrons. The largest absolute Gasteiger partial charge is 0.390 e. The highest BCUT2D eigenvalue weighted by atomic mass is 19.4. The second-order valence-electron chi connectivity index (χ2n) is 2.38. The average Bonchev–Trinajstić information content (AvgIpc) is 1.94. The lowest BCUT2D eigenvalue weighted by atomic mass is 10.3. The van der Waals surface area contributed by atoms with Crippen LogP contribution in [0.1, 0.15) is 19.3 Å². The third-order valence-electron chi connectivity index (χ3n) is 1.23. The van der Waals surface area contributed by atoms with Gasteiger partial charge in [-0.15, -0.1) is 0 Å². The highest BCUT2D eigenvalue weighted by Crippen LogP contribution is 2.17. The monoisotopic (exact) mass is 180 g/mol. The second kappa shape index (κ2) is 5.84. The topological polar surface area (TPSA) is 35.8 Å². The van der Waals surface area contributed by atoms with E-state index < -0.39 is 12.6 Å². The summed E-state index contributed by atoms with van der Waals surface area (Å²) < 4.78 is 34.6. The zero-order valence-electron chi connectivity index (χ0n) is 6.62. The Balaban J connectivity index is 3.07. The number of halogens is 3. The second-order valence-corrected chi connectivity index (χ2v) is 2.38. The quantitative estimate of drug-likeness (QED) is 0.655. The van der Waals surface area contributed by atoms with Gasteiger partial charge < -0.3 is 5.32 Å². The predicted molar refractivity (Wildman–Crippen MR) is 38.4 cm³/mol. The summed E-state index contributed by atoms with van der Waals surface area (Å²) in [6.45, 7) is 0.415. The fourth-order valence-corrected chi connectivity index (χ4v) is 0.648. The van der Waals surface area contributed by atoms with Gasteiger partial charge in [-0.05, 0) is 13.0 Å². The number of nitriles is 1. The molecule has 0 saturated carbocycles. The van der Waals surface area contributed by atoms with Crippen molar-refractivity contribution in [2.24, 2.45) is 0 Å². The molecular weight excluding hydrogens is 169 g/mol. The first-order valence-corrected chi connectivity index (χ1v) is 3.70. The zero-order chi connectivity index (χ0) is 9.45. The molecule has 0 aliphatic rings. The number of rotatable bonds is 5. The molecule has 0 aliphatic heterocycles. The number of nitrogens with zero attached hydrogens (tertiary/aromatic N) is 1. The van der Waals surface area contributed by atoms with Crippen molar-refractivity contribution in [3.63, 3.8) is 0 Å². The van der Waals surface area contributed by atoms with Crippen LogP contribution >= 0.6 is 0 Å². The van der Waals surface area contributed by atoms with Gasteiger partial charge in [0.1, 0.15) is 0 Å². The van der Waals surface area contributed by atoms with Gasteiger partial charge in [-0.1, -0.05) is 0 Å². The number of alkyl halides is 3. The molecular formula is C7H11F3N2. The van der Waals surface area contributed by atoms with Crippen LogP contribution in [0.25, 0.3) is 0 Å². The summed E-state index contributed by atoms with van der Waals surface area (Å²) in [5, 5.41) is 10.7. The van der Waals surface area contributed by atoms with Crippen LogP contribution in [0.3, 0.4) is 0 Å². The molecule has 0 heterocycles. The summed E-state index contributed by atoms with van der Waals surface area (Å²) in [6, 6.07) is 1.91. The van der Waals surface area contributed by atoms with Gasteiger partial charge >= 0.3 is 6.18 Å². The average molecular weight is 180 g/mol. The Kier molecular flexibility index (Phi) is 5.47. The predicted octanol–water partition coefficient (Wildman–Crippen LogP) is 1.83. The van der Waals surface area contributed by atoms with Crippen molar-refractivity contribution in [3.8, 4) is 6.07 Å². The maximum atomic E-state index is 11.5. The minimum atomic E-state index is -4.08. The summed E-state index contributed by atoms with van der Waals surface area (Å²) >= 11 is 0. The van der Waals surface area contributed by atoms with Gasteiger partial charge in [0.25, 0.3) is 0 Å². The lowest BCUT2D eigenvalue weighted by molar-refractivity contribution is -0.133. The highest BCUT2D eigenvalue weighted by Gasteiger charge is 2.25. The molecule has 1 N–H and O–H groups in total. The Morgan fingerprint density at radius 1 is 1.25 bits per heavy atom. The fraction of sp³-hybridized carbons (Fsp3) is 0.857. The van der Waals surface area contributed by atoms with Crippen LogP contribution in [0.5, 0.6) is 0 Å². The number of hydrogen-bond donors (Lipinski definition) is 1. The molecule has 0 unspecified atom stereocenters. The third kappa shape index (κ3) is 9.24. The lowest BCUT2D eigenvalue weighted by Gasteiger charge is -2.06. The normalized spacial score (nSPS) is 11.2. The van der Waals surface area contributed by atoms with E-state index in [0.717, 1.165) is 0 Å². The van der Waals surface area contributed by atoms with Crippen LogP contribution < -0.4 is 5.32 Å². The molecule has 2 nitrogen and oxygen atoms in total. The molecule has 12 heavy (non-hydrogen) atoms. The van der Waals surface area contributed by atoms with E-state index in [0.29, 0.717) is 19.4 Å². The first kappa shape index (κ1) is 11.2. The number of nitrogens with one attached hydrogen (secondary N) is 1. The smallest absolute Gasteiger partial charge is 0.316 e. The van der Waals surface area contributed by atoms with Crippen LogP contribution in [0, 0.1) is 11.3 Å². The van der Waals surface area contributed by atoms with E-state index in [2.05, 4.69) is 5.32 Å². The molecule has 5 heteroatoms. The first-order valence-electron chi connectivity index (χ1n) is 3.70. The molecule has 0 rings (SSSR count). The maximum absolute atomic E-state index is 11.5. The maximum Gasteiger partial charge on any atom is 0.390 e. The molecule has 0 aromatic rings. The van der Waals surface area contributed by atoms with Gasteiger partial charge in [0, 0.05) is 13.0 Å². The molecule has 0 amide bonds. The third-order valence-corrected chi connectivity index (χ3v) is 1.23. The fourth-order valence-electron chi connectivity index (χ4n) is 0.648. The van der Waals surface area contributed by atoms with Crippen LogP contribution in [0.15, 0.2) is 0 Å². The van der Waals surface area contributed by atoms with E-state index in [9.17, 15) is 13.2 Å². The standard InChI is InChI=1S/C7H11F3N2/c8-7(9,10)3-6-12-5-2-1-4-11/h12H,1-3,5-6H2. The van der Waals surface area contributed by atoms with Crippen LogP contribution in [-0.2, 0) is 0 Å². The van der Waals surface area contributed by atoms with E-state index in [-0.39, 0.29) is 6.54 Å². The van der Waals surface area contributed by atoms with Gasteiger partial charge in [-0.3, -0.25) is 0 Å². The summed E-state index contributed by atoms with van der Waals surface area (Å²) in [7, 11) is 0. The molecule has 0 aromatic heterocycles. The molecule has 0 spiro atoms. The molecule has 70 valence electrons. The minimum Gasteiger partial charge on any atom is -0.316 e. The Labute approximate surface area is 69.4 Å². The number of hydrogen-bond acceptors (Lipinski definition) is 2. The van der Waals surface area contributed by atoms with Crippen molar-refractivity contribution in [1.82, 2.24) is 5.32 Å². The van der Waals surface area contributed by atoms with Gasteiger partial charge in [-0.25, -0.2) is 0 Å². The summed E-state index contributed by atoms with van der Waals surface area (Å²) in [6.07, 6.45) is -3.89. The first-order chi connectivity index (χ1) is 5.56. The zero-order valence-corrected chi connectivity index (χ0v) is 6.62. The van der Waals surface area contributed by atoms with E-state index in [1.54, 1.807) is 0 Å². The molecule has 0 fully saturated rings. The molecule has 0 bridgehead atoms. The summed E-state index contributed by atoms with van der Waals surface area (Å²) in [5.41, 5.74) is 0. The van der Waals surface area contributed by atoms with Crippen molar-refractivity contribution in [2.45, 2.75) is 25.4 Å². The SMILES string of the molecule is N#CCCCNCCC(F)(F)F. The van der Waals surface area contributed by atoms with E-state index >= 15 is 0 Å². The van der Waals surface area contributed by atoms with Gasteiger partial charge in [0.05, 0.1) is 12.5 Å².